The lowest BCUT2D eigenvalue weighted by Gasteiger charge is -2.32. The molecular weight excluding hydrogens is 274 g/mol. The summed E-state index contributed by atoms with van der Waals surface area (Å²) in [5.74, 6) is 0.977. The maximum absolute atomic E-state index is 5.46. The van der Waals surface area contributed by atoms with Crippen molar-refractivity contribution in [3.63, 3.8) is 0 Å². The van der Waals surface area contributed by atoms with Crippen LogP contribution >= 0.6 is 7.80 Å². The molecular formula is C18H23BOP. The van der Waals surface area contributed by atoms with Crippen molar-refractivity contribution in [3.05, 3.63) is 60.2 Å². The number of hydrogen-bond acceptors (Lipinski definition) is 1. The van der Waals surface area contributed by atoms with Crippen LogP contribution in [0.5, 0.6) is 5.75 Å². The van der Waals surface area contributed by atoms with Crippen LogP contribution in [0, 0.1) is 0 Å². The third kappa shape index (κ3) is 4.35. The van der Waals surface area contributed by atoms with Crippen molar-refractivity contribution in [3.8, 4) is 5.75 Å². The summed E-state index contributed by atoms with van der Waals surface area (Å²) in [7, 11) is 1.42. The quantitative estimate of drug-likeness (QED) is 0.586. The minimum Gasteiger partial charge on any atom is -0.497 e. The van der Waals surface area contributed by atoms with Crippen LogP contribution < -0.4 is 10.0 Å². The van der Waals surface area contributed by atoms with Gasteiger partial charge in [0.2, 0.25) is 0 Å². The largest absolute Gasteiger partial charge is 0.497 e. The second-order valence-electron chi connectivity index (χ2n) is 6.07. The van der Waals surface area contributed by atoms with E-state index in [2.05, 4.69) is 70.2 Å². The second kappa shape index (κ2) is 7.14. The van der Waals surface area contributed by atoms with Crippen molar-refractivity contribution < 1.29 is 4.74 Å². The highest BCUT2D eigenvalue weighted by molar-refractivity contribution is 7.92. The summed E-state index contributed by atoms with van der Waals surface area (Å²) in [6.45, 7) is 9.45. The van der Waals surface area contributed by atoms with E-state index in [1.807, 2.05) is 12.1 Å². The Kier molecular flexibility index (Phi) is 5.48. The van der Waals surface area contributed by atoms with Gasteiger partial charge in [0.15, 0.2) is 7.00 Å². The molecule has 3 heteroatoms. The number of para-hydroxylation sites is 1. The molecule has 0 aliphatic heterocycles. The van der Waals surface area contributed by atoms with Crippen LogP contribution in [-0.2, 0) is 6.32 Å². The van der Waals surface area contributed by atoms with Gasteiger partial charge in [-0.3, -0.25) is 0 Å². The molecule has 2 aromatic carbocycles. The van der Waals surface area contributed by atoms with Gasteiger partial charge in [-0.1, -0.05) is 69.3 Å². The Labute approximate surface area is 130 Å². The van der Waals surface area contributed by atoms with E-state index in [9.17, 15) is 0 Å². The fourth-order valence-electron chi connectivity index (χ4n) is 2.42. The topological polar surface area (TPSA) is 9.23 Å². The molecule has 0 saturated carbocycles. The zero-order valence-electron chi connectivity index (χ0n) is 13.3. The van der Waals surface area contributed by atoms with Gasteiger partial charge in [-0.25, -0.2) is 0 Å². The van der Waals surface area contributed by atoms with Crippen LogP contribution in [0.1, 0.15) is 26.3 Å². The lowest BCUT2D eigenvalue weighted by Crippen LogP contribution is -2.23. The van der Waals surface area contributed by atoms with Gasteiger partial charge in [-0.15, -0.1) is 7.80 Å². The summed E-state index contributed by atoms with van der Waals surface area (Å²) in [6.07, 6.45) is 0.946. The van der Waals surface area contributed by atoms with Gasteiger partial charge in [0.05, 0.1) is 7.11 Å². The Balaban J connectivity index is 2.17. The molecule has 1 nitrogen and oxygen atoms in total. The van der Waals surface area contributed by atoms with Crippen molar-refractivity contribution in [1.29, 1.82) is 0 Å². The molecule has 21 heavy (non-hydrogen) atoms. The second-order valence-corrected chi connectivity index (χ2v) is 9.04. The molecule has 0 aliphatic rings. The third-order valence-electron chi connectivity index (χ3n) is 3.44. The highest BCUT2D eigenvalue weighted by Gasteiger charge is 2.25. The van der Waals surface area contributed by atoms with E-state index in [1.54, 1.807) is 7.11 Å². The van der Waals surface area contributed by atoms with Gasteiger partial charge in [-0.05, 0) is 28.4 Å². The van der Waals surface area contributed by atoms with Gasteiger partial charge in [0, 0.05) is 0 Å². The summed E-state index contributed by atoms with van der Waals surface area (Å²) < 4.78 is 5.46. The van der Waals surface area contributed by atoms with E-state index >= 15 is 0 Å². The number of methoxy groups -OCH3 is 1. The molecule has 2 rings (SSSR count). The Morgan fingerprint density at radius 1 is 0.952 bits per heavy atom. The van der Waals surface area contributed by atoms with Crippen LogP contribution in [0.15, 0.2) is 54.6 Å². The van der Waals surface area contributed by atoms with E-state index in [-0.39, 0.29) is 13.0 Å². The highest BCUT2D eigenvalue weighted by atomic mass is 31.1. The lowest BCUT2D eigenvalue weighted by molar-refractivity contribution is 0.411. The standard InChI is InChI=1S/C18H23BOP/c1-18(2,3)21(16-11-6-5-7-12-16)19-14-15-10-8-9-13-17(15)20-4/h5-13H,14H2,1-4H3/t21-/m1/s1. The maximum atomic E-state index is 5.46. The highest BCUT2D eigenvalue weighted by Crippen LogP contribution is 2.47. The normalized spacial score (nSPS) is 12.8. The fraction of sp³-hybridized carbons (Fsp3) is 0.333. The molecule has 0 amide bonds. The van der Waals surface area contributed by atoms with E-state index in [4.69, 9.17) is 4.74 Å². The van der Waals surface area contributed by atoms with Crippen molar-refractivity contribution in [2.24, 2.45) is 0 Å². The first-order valence-corrected chi connectivity index (χ1v) is 8.73. The number of rotatable bonds is 5. The van der Waals surface area contributed by atoms with E-state index in [0.717, 1.165) is 12.1 Å². The molecule has 0 spiro atoms. The number of ether oxygens (including phenoxy) is 1. The minimum absolute atomic E-state index is 0.263. The van der Waals surface area contributed by atoms with Crippen LogP contribution in [-0.4, -0.2) is 19.3 Å². The molecule has 1 radical (unpaired) electrons. The first kappa shape index (κ1) is 16.1. The van der Waals surface area contributed by atoms with E-state index < -0.39 is 0 Å². The molecule has 0 bridgehead atoms. The molecule has 0 aliphatic carbocycles. The van der Waals surface area contributed by atoms with E-state index in [1.165, 1.54) is 10.9 Å². The first-order chi connectivity index (χ1) is 10.0. The minimum atomic E-state index is -0.318. The summed E-state index contributed by atoms with van der Waals surface area (Å²) >= 11 is 0. The zero-order chi connectivity index (χ0) is 15.3. The average Bonchev–Trinajstić information content (AvgIpc) is 2.47. The molecule has 1 atom stereocenters. The zero-order valence-corrected chi connectivity index (χ0v) is 14.2. The van der Waals surface area contributed by atoms with Gasteiger partial charge in [0.1, 0.15) is 5.75 Å². The Bertz CT molecular complexity index is 563. The maximum Gasteiger partial charge on any atom is 0.158 e. The van der Waals surface area contributed by atoms with Crippen molar-refractivity contribution in [1.82, 2.24) is 0 Å². The average molecular weight is 297 g/mol. The predicted octanol–water partition coefficient (Wildman–Crippen LogP) is 4.42. The van der Waals surface area contributed by atoms with Crippen molar-refractivity contribution in [2.45, 2.75) is 32.2 Å². The summed E-state index contributed by atoms with van der Waals surface area (Å²) in [4.78, 5) is 0. The Morgan fingerprint density at radius 2 is 1.57 bits per heavy atom. The first-order valence-electron chi connectivity index (χ1n) is 7.32. The molecule has 2 aromatic rings. The van der Waals surface area contributed by atoms with E-state index in [0.29, 0.717) is 0 Å². The molecule has 0 unspecified atom stereocenters. The predicted molar refractivity (Wildman–Crippen MR) is 95.2 cm³/mol. The Morgan fingerprint density at radius 3 is 2.19 bits per heavy atom. The van der Waals surface area contributed by atoms with Gasteiger partial charge in [-0.2, -0.15) is 0 Å². The summed E-state index contributed by atoms with van der Waals surface area (Å²) in [5, 5.41) is 1.70. The Hall–Kier alpha value is -1.27. The van der Waals surface area contributed by atoms with Gasteiger partial charge >= 0.3 is 0 Å². The molecule has 0 fully saturated rings. The summed E-state index contributed by atoms with van der Waals surface area (Å²) in [5.41, 5.74) is 1.26. The van der Waals surface area contributed by atoms with Crippen molar-refractivity contribution in [2.75, 3.05) is 7.11 Å². The van der Waals surface area contributed by atoms with Gasteiger partial charge in [0.25, 0.3) is 0 Å². The smallest absolute Gasteiger partial charge is 0.158 e. The molecule has 0 N–H and O–H groups in total. The monoisotopic (exact) mass is 297 g/mol. The van der Waals surface area contributed by atoms with Gasteiger partial charge < -0.3 is 4.74 Å². The lowest BCUT2D eigenvalue weighted by atomic mass is 9.94. The van der Waals surface area contributed by atoms with Crippen LogP contribution in [0.3, 0.4) is 0 Å². The molecule has 0 heterocycles. The SMILES string of the molecule is COc1ccccc1C[B][P@](c1ccccc1)C(C)(C)C. The van der Waals surface area contributed by atoms with Crippen LogP contribution in [0.25, 0.3) is 0 Å². The molecule has 0 aromatic heterocycles. The van der Waals surface area contributed by atoms with Crippen LogP contribution in [0.2, 0.25) is 0 Å². The third-order valence-corrected chi connectivity index (χ3v) is 6.29. The molecule has 0 saturated heterocycles. The molecule has 109 valence electrons. The summed E-state index contributed by atoms with van der Waals surface area (Å²) in [6, 6.07) is 19.1. The number of benzene rings is 2. The number of hydrogen-bond donors (Lipinski definition) is 0. The van der Waals surface area contributed by atoms with Crippen LogP contribution in [0.4, 0.5) is 0 Å². The fourth-order valence-corrected chi connectivity index (χ4v) is 4.82. The van der Waals surface area contributed by atoms with Crippen molar-refractivity contribution >= 4 is 20.1 Å².